The van der Waals surface area contributed by atoms with E-state index in [0.29, 0.717) is 20.2 Å². The van der Waals surface area contributed by atoms with Crippen LogP contribution in [0.3, 0.4) is 0 Å². The molecule has 0 spiro atoms. The number of nitrogens with two attached hydrogens (primary N) is 1. The van der Waals surface area contributed by atoms with E-state index >= 15 is 0 Å². The first-order valence-electron chi connectivity index (χ1n) is 5.52. The lowest BCUT2D eigenvalue weighted by Gasteiger charge is -2.06. The van der Waals surface area contributed by atoms with Crippen molar-refractivity contribution in [1.82, 2.24) is 19.7 Å². The fourth-order valence-electron chi connectivity index (χ4n) is 1.64. The van der Waals surface area contributed by atoms with Crippen molar-refractivity contribution in [2.24, 2.45) is 0 Å². The number of aromatic nitrogens is 4. The van der Waals surface area contributed by atoms with Gasteiger partial charge >= 0.3 is 5.69 Å². The van der Waals surface area contributed by atoms with Crippen LogP contribution in [0.5, 0.6) is 0 Å². The molecular weight excluding hydrogens is 309 g/mol. The highest BCUT2D eigenvalue weighted by Crippen LogP contribution is 2.39. The maximum Gasteiger partial charge on any atom is 0.344 e. The monoisotopic (exact) mass is 317 g/mol. The Morgan fingerprint density at radius 3 is 2.84 bits per heavy atom. The Balaban J connectivity index is 1.98. The van der Waals surface area contributed by atoms with Gasteiger partial charge in [-0.2, -0.15) is 0 Å². The number of halogens is 2. The molecule has 0 aliphatic heterocycles. The second-order valence-corrected chi connectivity index (χ2v) is 5.93. The molecule has 0 aromatic carbocycles. The van der Waals surface area contributed by atoms with Gasteiger partial charge in [0.2, 0.25) is 0 Å². The SMILES string of the molecule is Nc1nc(Sc2n[nH]c(=O)n2C2CC2)c(Cl)cc1Cl. The number of H-pyrrole nitrogens is 1. The highest BCUT2D eigenvalue weighted by Gasteiger charge is 2.29. The first-order chi connectivity index (χ1) is 9.06. The summed E-state index contributed by atoms with van der Waals surface area (Å²) < 4.78 is 1.62. The largest absolute Gasteiger partial charge is 0.382 e. The molecule has 1 saturated carbocycles. The molecular formula is C10H9Cl2N5OS. The summed E-state index contributed by atoms with van der Waals surface area (Å²) in [5.41, 5.74) is 5.43. The normalized spacial score (nSPS) is 14.8. The molecule has 3 rings (SSSR count). The molecule has 1 aliphatic rings. The van der Waals surface area contributed by atoms with E-state index in [1.165, 1.54) is 17.8 Å². The van der Waals surface area contributed by atoms with Crippen LogP contribution in [-0.4, -0.2) is 19.7 Å². The second kappa shape index (κ2) is 4.73. The molecule has 6 nitrogen and oxygen atoms in total. The van der Waals surface area contributed by atoms with Crippen molar-refractivity contribution in [3.63, 3.8) is 0 Å². The zero-order chi connectivity index (χ0) is 13.6. The predicted molar refractivity (Wildman–Crippen MR) is 73.9 cm³/mol. The van der Waals surface area contributed by atoms with Crippen LogP contribution in [0.1, 0.15) is 18.9 Å². The van der Waals surface area contributed by atoms with E-state index in [0.717, 1.165) is 12.8 Å². The third-order valence-electron chi connectivity index (χ3n) is 2.70. The van der Waals surface area contributed by atoms with Gasteiger partial charge in [0.1, 0.15) is 10.8 Å². The minimum absolute atomic E-state index is 0.199. The molecule has 19 heavy (non-hydrogen) atoms. The highest BCUT2D eigenvalue weighted by atomic mass is 35.5. The van der Waals surface area contributed by atoms with Crippen molar-refractivity contribution in [2.75, 3.05) is 5.73 Å². The molecule has 0 bridgehead atoms. The van der Waals surface area contributed by atoms with Crippen LogP contribution in [-0.2, 0) is 0 Å². The Morgan fingerprint density at radius 2 is 2.16 bits per heavy atom. The van der Waals surface area contributed by atoms with E-state index in [1.807, 2.05) is 0 Å². The van der Waals surface area contributed by atoms with Gasteiger partial charge in [0, 0.05) is 6.04 Å². The van der Waals surface area contributed by atoms with Crippen LogP contribution in [0.15, 0.2) is 21.0 Å². The lowest BCUT2D eigenvalue weighted by molar-refractivity contribution is 0.642. The molecule has 9 heteroatoms. The minimum atomic E-state index is -0.219. The minimum Gasteiger partial charge on any atom is -0.382 e. The van der Waals surface area contributed by atoms with E-state index in [-0.39, 0.29) is 17.5 Å². The number of nitrogens with zero attached hydrogens (tertiary/aromatic N) is 3. The fraction of sp³-hybridized carbons (Fsp3) is 0.300. The average molecular weight is 318 g/mol. The van der Waals surface area contributed by atoms with Crippen LogP contribution >= 0.6 is 35.0 Å². The number of nitrogens with one attached hydrogen (secondary N) is 1. The van der Waals surface area contributed by atoms with Gasteiger partial charge in [-0.3, -0.25) is 4.57 Å². The lowest BCUT2D eigenvalue weighted by Crippen LogP contribution is -2.16. The van der Waals surface area contributed by atoms with Gasteiger partial charge in [-0.15, -0.1) is 5.10 Å². The van der Waals surface area contributed by atoms with E-state index < -0.39 is 0 Å². The summed E-state index contributed by atoms with van der Waals surface area (Å²) in [6, 6.07) is 1.75. The fourth-order valence-corrected chi connectivity index (χ4v) is 3.01. The summed E-state index contributed by atoms with van der Waals surface area (Å²) in [7, 11) is 0. The molecule has 100 valence electrons. The summed E-state index contributed by atoms with van der Waals surface area (Å²) in [4.78, 5) is 15.8. The van der Waals surface area contributed by atoms with E-state index in [9.17, 15) is 4.79 Å². The van der Waals surface area contributed by atoms with Crippen molar-refractivity contribution in [1.29, 1.82) is 0 Å². The van der Waals surface area contributed by atoms with Gasteiger partial charge < -0.3 is 5.73 Å². The summed E-state index contributed by atoms with van der Waals surface area (Å²) in [6.45, 7) is 0. The zero-order valence-electron chi connectivity index (χ0n) is 9.56. The van der Waals surface area contributed by atoms with Crippen molar-refractivity contribution in [3.8, 4) is 0 Å². The van der Waals surface area contributed by atoms with Gasteiger partial charge in [-0.1, -0.05) is 23.2 Å². The average Bonchev–Trinajstić information content (AvgIpc) is 3.12. The Kier molecular flexibility index (Phi) is 3.20. The summed E-state index contributed by atoms with van der Waals surface area (Å²) in [6.07, 6.45) is 1.97. The Bertz CT molecular complexity index is 694. The summed E-state index contributed by atoms with van der Waals surface area (Å²) in [5.74, 6) is 0.199. The van der Waals surface area contributed by atoms with Crippen molar-refractivity contribution >= 4 is 40.8 Å². The predicted octanol–water partition coefficient (Wildman–Crippen LogP) is 2.34. The molecule has 0 radical (unpaired) electrons. The molecule has 2 aromatic rings. The number of hydrogen-bond acceptors (Lipinski definition) is 5. The Morgan fingerprint density at radius 1 is 1.42 bits per heavy atom. The Hall–Kier alpha value is -1.18. The summed E-state index contributed by atoms with van der Waals surface area (Å²) in [5, 5.41) is 8.10. The first kappa shape index (κ1) is 12.8. The number of anilines is 1. The van der Waals surface area contributed by atoms with Crippen LogP contribution in [0.4, 0.5) is 5.82 Å². The molecule has 2 heterocycles. The lowest BCUT2D eigenvalue weighted by atomic mass is 10.5. The molecule has 0 unspecified atom stereocenters. The molecule has 1 aliphatic carbocycles. The molecule has 3 N–H and O–H groups in total. The van der Waals surface area contributed by atoms with Gasteiger partial charge in [-0.25, -0.2) is 14.9 Å². The van der Waals surface area contributed by atoms with E-state index in [2.05, 4.69) is 15.2 Å². The van der Waals surface area contributed by atoms with Crippen molar-refractivity contribution < 1.29 is 0 Å². The third kappa shape index (κ3) is 2.45. The zero-order valence-corrected chi connectivity index (χ0v) is 11.9. The smallest absolute Gasteiger partial charge is 0.344 e. The van der Waals surface area contributed by atoms with Gasteiger partial charge in [-0.05, 0) is 30.7 Å². The third-order valence-corrected chi connectivity index (χ3v) is 4.37. The number of pyridine rings is 1. The van der Waals surface area contributed by atoms with Gasteiger partial charge in [0.15, 0.2) is 5.16 Å². The molecule has 2 aromatic heterocycles. The topological polar surface area (TPSA) is 89.6 Å². The van der Waals surface area contributed by atoms with Crippen LogP contribution in [0, 0.1) is 0 Å². The van der Waals surface area contributed by atoms with Crippen LogP contribution in [0.2, 0.25) is 10.0 Å². The maximum absolute atomic E-state index is 11.7. The van der Waals surface area contributed by atoms with Gasteiger partial charge in [0.25, 0.3) is 0 Å². The molecule has 0 amide bonds. The van der Waals surface area contributed by atoms with E-state index in [4.69, 9.17) is 28.9 Å². The van der Waals surface area contributed by atoms with E-state index in [1.54, 1.807) is 4.57 Å². The quantitative estimate of drug-likeness (QED) is 0.906. The molecule has 0 saturated heterocycles. The van der Waals surface area contributed by atoms with Crippen molar-refractivity contribution in [3.05, 3.63) is 26.6 Å². The number of hydrogen-bond donors (Lipinski definition) is 2. The van der Waals surface area contributed by atoms with Gasteiger partial charge in [0.05, 0.1) is 10.0 Å². The first-order valence-corrected chi connectivity index (χ1v) is 7.10. The number of rotatable bonds is 3. The number of nitrogen functional groups attached to an aromatic ring is 1. The Labute approximate surface area is 122 Å². The van der Waals surface area contributed by atoms with Crippen LogP contribution in [0.25, 0.3) is 0 Å². The second-order valence-electron chi connectivity index (χ2n) is 4.16. The molecule has 0 atom stereocenters. The highest BCUT2D eigenvalue weighted by molar-refractivity contribution is 7.99. The van der Waals surface area contributed by atoms with Crippen LogP contribution < -0.4 is 11.4 Å². The number of aromatic amines is 1. The summed E-state index contributed by atoms with van der Waals surface area (Å²) >= 11 is 13.1. The molecule has 1 fully saturated rings. The van der Waals surface area contributed by atoms with Crippen molar-refractivity contribution in [2.45, 2.75) is 29.1 Å². The standard InChI is InChI=1S/C10H9Cl2N5OS/c11-5-3-6(12)8(14-7(5)13)19-10-16-15-9(18)17(10)4-1-2-4/h3-4H,1-2H2,(H2,13,14)(H,15,18). The maximum atomic E-state index is 11.7.